The van der Waals surface area contributed by atoms with Crippen molar-refractivity contribution < 1.29 is 17.5 Å². The lowest BCUT2D eigenvalue weighted by Crippen LogP contribution is -2.32. The lowest BCUT2D eigenvalue weighted by Gasteiger charge is -2.14. The second-order valence-corrected chi connectivity index (χ2v) is 10.8. The molecule has 1 aromatic heterocycles. The number of benzene rings is 3. The molecular formula is C27H26FN3O4S. The van der Waals surface area contributed by atoms with E-state index in [1.54, 1.807) is 41.0 Å². The molecule has 1 aliphatic rings. The van der Waals surface area contributed by atoms with Gasteiger partial charge in [0.05, 0.1) is 28.7 Å². The number of hydrogen-bond acceptors (Lipinski definition) is 5. The molecule has 7 nitrogen and oxygen atoms in total. The summed E-state index contributed by atoms with van der Waals surface area (Å²) < 4.78 is 50.0. The number of aromatic nitrogens is 2. The van der Waals surface area contributed by atoms with Crippen LogP contribution >= 0.6 is 0 Å². The first-order valence-electron chi connectivity index (χ1n) is 11.8. The van der Waals surface area contributed by atoms with Gasteiger partial charge in [0.1, 0.15) is 17.3 Å². The number of rotatable bonds is 7. The Balaban J connectivity index is 1.36. The molecule has 0 spiro atoms. The van der Waals surface area contributed by atoms with Gasteiger partial charge in [0.25, 0.3) is 5.56 Å². The van der Waals surface area contributed by atoms with Crippen LogP contribution in [0.3, 0.4) is 0 Å². The summed E-state index contributed by atoms with van der Waals surface area (Å²) in [7, 11) is -3.59. The van der Waals surface area contributed by atoms with Crippen molar-refractivity contribution in [2.45, 2.75) is 50.1 Å². The Kier molecular flexibility index (Phi) is 6.59. The van der Waals surface area contributed by atoms with Crippen LogP contribution in [-0.2, 0) is 16.6 Å². The van der Waals surface area contributed by atoms with Crippen LogP contribution in [0.2, 0.25) is 0 Å². The Morgan fingerprint density at radius 3 is 2.47 bits per heavy atom. The fourth-order valence-corrected chi connectivity index (χ4v) is 5.80. The Labute approximate surface area is 208 Å². The third-order valence-corrected chi connectivity index (χ3v) is 7.95. The Hall–Kier alpha value is -3.56. The van der Waals surface area contributed by atoms with Crippen LogP contribution in [0.5, 0.6) is 11.5 Å². The molecule has 5 rings (SSSR count). The number of ether oxygens (including phenoxy) is 1. The second-order valence-electron chi connectivity index (χ2n) is 9.13. The molecule has 1 saturated carbocycles. The van der Waals surface area contributed by atoms with Crippen molar-refractivity contribution in [3.05, 3.63) is 94.3 Å². The quantitative estimate of drug-likeness (QED) is 0.384. The maximum Gasteiger partial charge on any atom is 0.280 e. The fraction of sp³-hybridized carbons (Fsp3) is 0.259. The van der Waals surface area contributed by atoms with E-state index >= 15 is 0 Å². The molecule has 0 unspecified atom stereocenters. The number of sulfonamides is 1. The molecule has 4 aromatic rings. The van der Waals surface area contributed by atoms with Crippen LogP contribution < -0.4 is 15.0 Å². The minimum absolute atomic E-state index is 0.0105. The molecule has 1 aliphatic carbocycles. The summed E-state index contributed by atoms with van der Waals surface area (Å²) in [6, 6.07) is 16.2. The number of hydrogen-bond donors (Lipinski definition) is 1. The summed E-state index contributed by atoms with van der Waals surface area (Å²) >= 11 is 0. The number of nitrogens with one attached hydrogen (secondary N) is 1. The van der Waals surface area contributed by atoms with Crippen molar-refractivity contribution in [1.29, 1.82) is 0 Å². The van der Waals surface area contributed by atoms with Gasteiger partial charge in [-0.15, -0.1) is 0 Å². The van der Waals surface area contributed by atoms with Crippen molar-refractivity contribution >= 4 is 20.9 Å². The van der Waals surface area contributed by atoms with Gasteiger partial charge in [0.15, 0.2) is 0 Å². The van der Waals surface area contributed by atoms with E-state index < -0.39 is 15.6 Å². The van der Waals surface area contributed by atoms with Crippen LogP contribution in [0.15, 0.2) is 76.7 Å². The first kappa shape index (κ1) is 24.1. The Morgan fingerprint density at radius 1 is 1.03 bits per heavy atom. The highest BCUT2D eigenvalue weighted by molar-refractivity contribution is 7.89. The van der Waals surface area contributed by atoms with Crippen LogP contribution in [0.1, 0.15) is 36.8 Å². The van der Waals surface area contributed by atoms with E-state index in [1.165, 1.54) is 24.5 Å². The Morgan fingerprint density at radius 2 is 1.75 bits per heavy atom. The number of aryl methyl sites for hydroxylation is 1. The van der Waals surface area contributed by atoms with E-state index in [-0.39, 0.29) is 23.3 Å². The van der Waals surface area contributed by atoms with Gasteiger partial charge in [-0.05, 0) is 73.9 Å². The van der Waals surface area contributed by atoms with E-state index in [0.717, 1.165) is 31.2 Å². The molecule has 0 bridgehead atoms. The molecule has 1 heterocycles. The normalized spacial score (nSPS) is 14.4. The summed E-state index contributed by atoms with van der Waals surface area (Å²) in [4.78, 5) is 16.6. The van der Waals surface area contributed by atoms with Gasteiger partial charge >= 0.3 is 0 Å². The molecule has 1 N–H and O–H groups in total. The van der Waals surface area contributed by atoms with Crippen molar-refractivity contribution in [1.82, 2.24) is 14.3 Å². The molecule has 0 saturated heterocycles. The maximum absolute atomic E-state index is 14.4. The second kappa shape index (κ2) is 9.83. The van der Waals surface area contributed by atoms with E-state index in [0.29, 0.717) is 28.0 Å². The minimum atomic E-state index is -3.59. The summed E-state index contributed by atoms with van der Waals surface area (Å²) in [6.45, 7) is 2.05. The summed E-state index contributed by atoms with van der Waals surface area (Å²) in [5.74, 6) is 0.520. The van der Waals surface area contributed by atoms with Crippen molar-refractivity contribution in [3.63, 3.8) is 0 Å². The summed E-state index contributed by atoms with van der Waals surface area (Å²) in [6.07, 6.45) is 5.20. The molecule has 0 radical (unpaired) electrons. The topological polar surface area (TPSA) is 90.3 Å². The van der Waals surface area contributed by atoms with Gasteiger partial charge in [-0.2, -0.15) is 4.98 Å². The van der Waals surface area contributed by atoms with Crippen LogP contribution in [0.25, 0.3) is 10.9 Å². The molecule has 0 amide bonds. The van der Waals surface area contributed by atoms with E-state index in [4.69, 9.17) is 4.74 Å². The lowest BCUT2D eigenvalue weighted by atomic mass is 10.1. The highest BCUT2D eigenvalue weighted by Crippen LogP contribution is 2.27. The van der Waals surface area contributed by atoms with E-state index in [9.17, 15) is 17.6 Å². The third kappa shape index (κ3) is 5.17. The van der Waals surface area contributed by atoms with Gasteiger partial charge in [0, 0.05) is 11.6 Å². The summed E-state index contributed by atoms with van der Waals surface area (Å²) in [5.41, 5.74) is 1.50. The zero-order chi connectivity index (χ0) is 25.3. The SMILES string of the molecule is Cc1ccc(Cn2cnc(=O)c3cc(Oc4ccc(S(=O)(=O)NC5CCCC5)cc4)ccc32)c(F)c1. The minimum Gasteiger partial charge on any atom is -0.457 e. The summed E-state index contributed by atoms with van der Waals surface area (Å²) in [5, 5.41) is 0.336. The van der Waals surface area contributed by atoms with Gasteiger partial charge in [-0.3, -0.25) is 4.79 Å². The molecule has 9 heteroatoms. The smallest absolute Gasteiger partial charge is 0.280 e. The predicted molar refractivity (Wildman–Crippen MR) is 135 cm³/mol. The zero-order valence-electron chi connectivity index (χ0n) is 19.8. The predicted octanol–water partition coefficient (Wildman–Crippen LogP) is 4.91. The third-order valence-electron chi connectivity index (χ3n) is 6.42. The average molecular weight is 508 g/mol. The van der Waals surface area contributed by atoms with Gasteiger partial charge < -0.3 is 9.30 Å². The largest absolute Gasteiger partial charge is 0.457 e. The molecule has 1 fully saturated rings. The molecule has 3 aromatic carbocycles. The molecule has 0 atom stereocenters. The fourth-order valence-electron chi connectivity index (χ4n) is 4.50. The lowest BCUT2D eigenvalue weighted by molar-refractivity contribution is 0.482. The van der Waals surface area contributed by atoms with Gasteiger partial charge in [-0.1, -0.05) is 25.0 Å². The van der Waals surface area contributed by atoms with Gasteiger partial charge in [0.2, 0.25) is 10.0 Å². The first-order valence-corrected chi connectivity index (χ1v) is 13.3. The van der Waals surface area contributed by atoms with E-state index in [2.05, 4.69) is 9.71 Å². The van der Waals surface area contributed by atoms with Crippen LogP contribution in [-0.4, -0.2) is 24.0 Å². The van der Waals surface area contributed by atoms with E-state index in [1.807, 2.05) is 13.0 Å². The number of fused-ring (bicyclic) bond motifs is 1. The highest BCUT2D eigenvalue weighted by atomic mass is 32.2. The molecule has 36 heavy (non-hydrogen) atoms. The molecule has 186 valence electrons. The zero-order valence-corrected chi connectivity index (χ0v) is 20.6. The first-order chi connectivity index (χ1) is 17.3. The average Bonchev–Trinajstić information content (AvgIpc) is 3.35. The number of halogens is 1. The maximum atomic E-state index is 14.4. The highest BCUT2D eigenvalue weighted by Gasteiger charge is 2.22. The Bertz CT molecular complexity index is 1580. The number of nitrogens with zero attached hydrogens (tertiary/aromatic N) is 2. The van der Waals surface area contributed by atoms with Gasteiger partial charge in [-0.25, -0.2) is 17.5 Å². The monoisotopic (exact) mass is 507 g/mol. The molecular weight excluding hydrogens is 481 g/mol. The van der Waals surface area contributed by atoms with Crippen molar-refractivity contribution in [3.8, 4) is 11.5 Å². The standard InChI is InChI=1S/C27H26FN3O4S/c1-18-6-7-19(25(28)14-18)16-31-17-29-27(32)24-15-22(10-13-26(24)31)35-21-8-11-23(12-9-21)36(33,34)30-20-4-2-3-5-20/h6-15,17,20,30H,2-5,16H2,1H3. The van der Waals surface area contributed by atoms with Crippen molar-refractivity contribution in [2.24, 2.45) is 0 Å². The van der Waals surface area contributed by atoms with Crippen LogP contribution in [0, 0.1) is 12.7 Å². The van der Waals surface area contributed by atoms with Crippen LogP contribution in [0.4, 0.5) is 4.39 Å². The molecule has 0 aliphatic heterocycles. The van der Waals surface area contributed by atoms with Crippen molar-refractivity contribution in [2.75, 3.05) is 0 Å².